The standard InChI is InChI=1S/C13H20N2O3/c1-4-5-14-9-13(16)15-10-6-11(17-2)8-12(7-10)18-3/h6-8,14H,4-5,9H2,1-3H3,(H,15,16). The van der Waals surface area contributed by atoms with Gasteiger partial charge in [-0.15, -0.1) is 0 Å². The minimum atomic E-state index is -0.0845. The molecule has 0 heterocycles. The second-order valence-corrected chi connectivity index (χ2v) is 3.83. The van der Waals surface area contributed by atoms with Crippen molar-refractivity contribution in [2.24, 2.45) is 0 Å². The predicted molar refractivity (Wildman–Crippen MR) is 71.3 cm³/mol. The summed E-state index contributed by atoms with van der Waals surface area (Å²) < 4.78 is 10.3. The second kappa shape index (κ2) is 7.55. The van der Waals surface area contributed by atoms with E-state index in [1.807, 2.05) is 0 Å². The molecular formula is C13H20N2O3. The number of carbonyl (C=O) groups is 1. The molecule has 0 aromatic heterocycles. The zero-order valence-electron chi connectivity index (χ0n) is 11.1. The SMILES string of the molecule is CCCNCC(=O)Nc1cc(OC)cc(OC)c1. The highest BCUT2D eigenvalue weighted by Crippen LogP contribution is 2.25. The van der Waals surface area contributed by atoms with Gasteiger partial charge in [-0.05, 0) is 13.0 Å². The van der Waals surface area contributed by atoms with Crippen molar-refractivity contribution in [1.82, 2.24) is 5.32 Å². The van der Waals surface area contributed by atoms with Gasteiger partial charge in [-0.3, -0.25) is 4.79 Å². The van der Waals surface area contributed by atoms with E-state index in [-0.39, 0.29) is 5.91 Å². The van der Waals surface area contributed by atoms with Gasteiger partial charge in [0.25, 0.3) is 0 Å². The molecule has 1 amide bonds. The van der Waals surface area contributed by atoms with Crippen LogP contribution in [-0.2, 0) is 4.79 Å². The topological polar surface area (TPSA) is 59.6 Å². The lowest BCUT2D eigenvalue weighted by atomic mass is 10.2. The summed E-state index contributed by atoms with van der Waals surface area (Å²) in [5, 5.41) is 5.83. The third-order valence-corrected chi connectivity index (χ3v) is 2.35. The number of benzene rings is 1. The van der Waals surface area contributed by atoms with Gasteiger partial charge in [0.05, 0.1) is 20.8 Å². The molecule has 1 aromatic carbocycles. The summed E-state index contributed by atoms with van der Waals surface area (Å²) in [5.74, 6) is 1.20. The van der Waals surface area contributed by atoms with Gasteiger partial charge in [0.2, 0.25) is 5.91 Å². The van der Waals surface area contributed by atoms with Crippen LogP contribution in [-0.4, -0.2) is 33.2 Å². The molecule has 0 saturated heterocycles. The van der Waals surface area contributed by atoms with Crippen LogP contribution >= 0.6 is 0 Å². The summed E-state index contributed by atoms with van der Waals surface area (Å²) >= 11 is 0. The monoisotopic (exact) mass is 252 g/mol. The number of ether oxygens (including phenoxy) is 2. The van der Waals surface area contributed by atoms with Crippen molar-refractivity contribution in [1.29, 1.82) is 0 Å². The molecular weight excluding hydrogens is 232 g/mol. The van der Waals surface area contributed by atoms with Crippen LogP contribution in [0.1, 0.15) is 13.3 Å². The predicted octanol–water partition coefficient (Wildman–Crippen LogP) is 1.64. The number of carbonyl (C=O) groups excluding carboxylic acids is 1. The fourth-order valence-electron chi connectivity index (χ4n) is 1.46. The summed E-state index contributed by atoms with van der Waals surface area (Å²) in [6, 6.07) is 5.26. The Morgan fingerprint density at radius 3 is 2.28 bits per heavy atom. The van der Waals surface area contributed by atoms with E-state index >= 15 is 0 Å². The smallest absolute Gasteiger partial charge is 0.238 e. The molecule has 0 spiro atoms. The van der Waals surface area contributed by atoms with Gasteiger partial charge < -0.3 is 20.1 Å². The van der Waals surface area contributed by atoms with Crippen LogP contribution in [0.2, 0.25) is 0 Å². The maximum Gasteiger partial charge on any atom is 0.238 e. The van der Waals surface area contributed by atoms with Crippen LogP contribution in [0, 0.1) is 0 Å². The van der Waals surface area contributed by atoms with Crippen LogP contribution in [0.5, 0.6) is 11.5 Å². The minimum Gasteiger partial charge on any atom is -0.497 e. The molecule has 100 valence electrons. The zero-order valence-corrected chi connectivity index (χ0v) is 11.1. The molecule has 0 aliphatic heterocycles. The average molecular weight is 252 g/mol. The van der Waals surface area contributed by atoms with Gasteiger partial charge in [-0.1, -0.05) is 6.92 Å². The van der Waals surface area contributed by atoms with Gasteiger partial charge in [0.1, 0.15) is 11.5 Å². The van der Waals surface area contributed by atoms with Crippen LogP contribution in [0.15, 0.2) is 18.2 Å². The summed E-state index contributed by atoms with van der Waals surface area (Å²) in [4.78, 5) is 11.6. The highest BCUT2D eigenvalue weighted by Gasteiger charge is 2.05. The first-order valence-corrected chi connectivity index (χ1v) is 5.93. The van der Waals surface area contributed by atoms with Gasteiger partial charge in [0, 0.05) is 23.9 Å². The number of hydrogen-bond acceptors (Lipinski definition) is 4. The maximum absolute atomic E-state index is 11.6. The number of rotatable bonds is 7. The number of nitrogens with one attached hydrogen (secondary N) is 2. The highest BCUT2D eigenvalue weighted by atomic mass is 16.5. The molecule has 0 unspecified atom stereocenters. The Morgan fingerprint density at radius 2 is 1.78 bits per heavy atom. The van der Waals surface area contributed by atoms with Crippen LogP contribution in [0.3, 0.4) is 0 Å². The Balaban J connectivity index is 2.62. The molecule has 0 saturated carbocycles. The van der Waals surface area contributed by atoms with E-state index in [1.165, 1.54) is 0 Å². The Hall–Kier alpha value is -1.75. The average Bonchev–Trinajstić information content (AvgIpc) is 2.38. The van der Waals surface area contributed by atoms with Gasteiger partial charge in [-0.25, -0.2) is 0 Å². The molecule has 0 bridgehead atoms. The Bertz CT molecular complexity index is 372. The summed E-state index contributed by atoms with van der Waals surface area (Å²) in [6.45, 7) is 3.18. The van der Waals surface area contributed by atoms with Crippen molar-refractivity contribution in [2.75, 3.05) is 32.6 Å². The summed E-state index contributed by atoms with van der Waals surface area (Å²) in [6.07, 6.45) is 1.00. The van der Waals surface area contributed by atoms with E-state index in [0.29, 0.717) is 23.7 Å². The van der Waals surface area contributed by atoms with Gasteiger partial charge in [-0.2, -0.15) is 0 Å². The van der Waals surface area contributed by atoms with Crippen molar-refractivity contribution in [3.63, 3.8) is 0 Å². The van der Waals surface area contributed by atoms with Crippen molar-refractivity contribution in [3.05, 3.63) is 18.2 Å². The lowest BCUT2D eigenvalue weighted by Crippen LogP contribution is -2.28. The van der Waals surface area contributed by atoms with Gasteiger partial charge >= 0.3 is 0 Å². The number of anilines is 1. The number of hydrogen-bond donors (Lipinski definition) is 2. The lowest BCUT2D eigenvalue weighted by Gasteiger charge is -2.10. The molecule has 1 rings (SSSR count). The first-order valence-electron chi connectivity index (χ1n) is 5.93. The third-order valence-electron chi connectivity index (χ3n) is 2.35. The molecule has 0 radical (unpaired) electrons. The molecule has 5 heteroatoms. The molecule has 1 aromatic rings. The molecule has 18 heavy (non-hydrogen) atoms. The molecule has 0 aliphatic rings. The van der Waals surface area contributed by atoms with E-state index in [4.69, 9.17) is 9.47 Å². The zero-order chi connectivity index (χ0) is 13.4. The Morgan fingerprint density at radius 1 is 1.17 bits per heavy atom. The first-order chi connectivity index (χ1) is 8.69. The quantitative estimate of drug-likeness (QED) is 0.724. The Kier molecular flexibility index (Phi) is 6.00. The lowest BCUT2D eigenvalue weighted by molar-refractivity contribution is -0.115. The first kappa shape index (κ1) is 14.3. The second-order valence-electron chi connectivity index (χ2n) is 3.83. The van der Waals surface area contributed by atoms with E-state index in [1.54, 1.807) is 32.4 Å². The number of methoxy groups -OCH3 is 2. The summed E-state index contributed by atoms with van der Waals surface area (Å²) in [5.41, 5.74) is 0.662. The number of amides is 1. The molecule has 0 fully saturated rings. The molecule has 5 nitrogen and oxygen atoms in total. The molecule has 0 atom stereocenters. The van der Waals surface area contributed by atoms with Crippen LogP contribution < -0.4 is 20.1 Å². The van der Waals surface area contributed by atoms with E-state index < -0.39 is 0 Å². The Labute approximate surface area is 107 Å². The fraction of sp³-hybridized carbons (Fsp3) is 0.462. The summed E-state index contributed by atoms with van der Waals surface area (Å²) in [7, 11) is 3.15. The molecule has 0 aliphatic carbocycles. The maximum atomic E-state index is 11.6. The fourth-order valence-corrected chi connectivity index (χ4v) is 1.46. The van der Waals surface area contributed by atoms with Crippen LogP contribution in [0.25, 0.3) is 0 Å². The van der Waals surface area contributed by atoms with E-state index in [0.717, 1.165) is 13.0 Å². The normalized spacial score (nSPS) is 9.94. The highest BCUT2D eigenvalue weighted by molar-refractivity contribution is 5.92. The van der Waals surface area contributed by atoms with Crippen molar-refractivity contribution < 1.29 is 14.3 Å². The molecule has 2 N–H and O–H groups in total. The van der Waals surface area contributed by atoms with Gasteiger partial charge in [0.15, 0.2) is 0 Å². The largest absolute Gasteiger partial charge is 0.497 e. The van der Waals surface area contributed by atoms with Crippen molar-refractivity contribution in [3.8, 4) is 11.5 Å². The minimum absolute atomic E-state index is 0.0845. The van der Waals surface area contributed by atoms with Crippen molar-refractivity contribution >= 4 is 11.6 Å². The van der Waals surface area contributed by atoms with E-state index in [2.05, 4.69) is 17.6 Å². The van der Waals surface area contributed by atoms with Crippen LogP contribution in [0.4, 0.5) is 5.69 Å². The third kappa shape index (κ3) is 4.63. The van der Waals surface area contributed by atoms with Crippen molar-refractivity contribution in [2.45, 2.75) is 13.3 Å². The van der Waals surface area contributed by atoms with E-state index in [9.17, 15) is 4.79 Å².